The van der Waals surface area contributed by atoms with Crippen molar-refractivity contribution in [1.29, 1.82) is 0 Å². The van der Waals surface area contributed by atoms with Gasteiger partial charge in [0.25, 0.3) is 0 Å². The monoisotopic (exact) mass is 265 g/mol. The fourth-order valence-corrected chi connectivity index (χ4v) is 2.42. The van der Waals surface area contributed by atoms with Crippen LogP contribution < -0.4 is 0 Å². The van der Waals surface area contributed by atoms with Crippen LogP contribution in [-0.4, -0.2) is 28.9 Å². The van der Waals surface area contributed by atoms with Gasteiger partial charge in [0, 0.05) is 13.5 Å². The predicted octanol–water partition coefficient (Wildman–Crippen LogP) is 2.44. The summed E-state index contributed by atoms with van der Waals surface area (Å²) < 4.78 is 5.27. The fraction of sp³-hybridized carbons (Fsp3) is 0.571. The standard InChI is InChI=1S/C14H19NO4/c1-10(11-5-3-8-19-11)15(2)12(16)9-14(13(17)18)6-4-7-14/h3,5,8,10H,4,6-7,9H2,1-2H3,(H,17,18). The normalized spacial score (nSPS) is 18.4. The summed E-state index contributed by atoms with van der Waals surface area (Å²) in [7, 11) is 1.68. The lowest BCUT2D eigenvalue weighted by atomic mass is 9.66. The van der Waals surface area contributed by atoms with Gasteiger partial charge in [-0.15, -0.1) is 0 Å². The molecule has 1 heterocycles. The third kappa shape index (κ3) is 2.50. The molecule has 1 aromatic rings. The summed E-state index contributed by atoms with van der Waals surface area (Å²) in [6, 6.07) is 3.40. The molecule has 0 bridgehead atoms. The smallest absolute Gasteiger partial charge is 0.310 e. The molecule has 1 aliphatic carbocycles. The molecular weight excluding hydrogens is 246 g/mol. The van der Waals surface area contributed by atoms with Crippen molar-refractivity contribution < 1.29 is 19.1 Å². The number of hydrogen-bond acceptors (Lipinski definition) is 3. The first kappa shape index (κ1) is 13.6. The number of rotatable bonds is 5. The number of carboxylic acid groups (broad SMARTS) is 1. The zero-order valence-electron chi connectivity index (χ0n) is 11.3. The van der Waals surface area contributed by atoms with Crippen LogP contribution in [-0.2, 0) is 9.59 Å². The number of furan rings is 1. The second-order valence-corrected chi connectivity index (χ2v) is 5.31. The number of carbonyl (C=O) groups is 2. The molecule has 0 aliphatic heterocycles. The maximum Gasteiger partial charge on any atom is 0.310 e. The van der Waals surface area contributed by atoms with E-state index in [0.717, 1.165) is 6.42 Å². The Morgan fingerprint density at radius 3 is 2.63 bits per heavy atom. The first-order chi connectivity index (χ1) is 8.96. The first-order valence-corrected chi connectivity index (χ1v) is 6.49. The van der Waals surface area contributed by atoms with E-state index in [-0.39, 0.29) is 18.4 Å². The molecule has 1 unspecified atom stereocenters. The van der Waals surface area contributed by atoms with E-state index < -0.39 is 11.4 Å². The highest BCUT2D eigenvalue weighted by molar-refractivity contribution is 5.85. The van der Waals surface area contributed by atoms with Crippen molar-refractivity contribution in [3.63, 3.8) is 0 Å². The van der Waals surface area contributed by atoms with E-state index in [9.17, 15) is 14.7 Å². The first-order valence-electron chi connectivity index (χ1n) is 6.49. The molecule has 1 atom stereocenters. The van der Waals surface area contributed by atoms with Crippen molar-refractivity contribution in [1.82, 2.24) is 4.90 Å². The number of carbonyl (C=O) groups excluding carboxylic acids is 1. The van der Waals surface area contributed by atoms with E-state index in [1.54, 1.807) is 24.3 Å². The predicted molar refractivity (Wildman–Crippen MR) is 68.4 cm³/mol. The topological polar surface area (TPSA) is 70.8 Å². The summed E-state index contributed by atoms with van der Waals surface area (Å²) >= 11 is 0. The Balaban J connectivity index is 2.01. The van der Waals surface area contributed by atoms with E-state index in [4.69, 9.17) is 4.42 Å². The fourth-order valence-electron chi connectivity index (χ4n) is 2.42. The van der Waals surface area contributed by atoms with Gasteiger partial charge >= 0.3 is 5.97 Å². The molecule has 1 amide bonds. The van der Waals surface area contributed by atoms with Crippen LogP contribution >= 0.6 is 0 Å². The molecule has 2 rings (SSSR count). The molecule has 5 heteroatoms. The Morgan fingerprint density at radius 1 is 1.53 bits per heavy atom. The van der Waals surface area contributed by atoms with Crippen LogP contribution in [0.5, 0.6) is 0 Å². The van der Waals surface area contributed by atoms with E-state index in [0.29, 0.717) is 18.6 Å². The molecule has 0 radical (unpaired) electrons. The lowest BCUT2D eigenvalue weighted by Crippen LogP contribution is -2.43. The zero-order valence-corrected chi connectivity index (χ0v) is 11.3. The molecule has 19 heavy (non-hydrogen) atoms. The minimum absolute atomic E-state index is 0.0733. The molecule has 1 saturated carbocycles. The van der Waals surface area contributed by atoms with Crippen LogP contribution in [0.25, 0.3) is 0 Å². The molecule has 1 N–H and O–H groups in total. The van der Waals surface area contributed by atoms with Gasteiger partial charge in [-0.2, -0.15) is 0 Å². The number of amides is 1. The van der Waals surface area contributed by atoms with Crippen LogP contribution in [0.4, 0.5) is 0 Å². The Labute approximate surface area is 112 Å². The van der Waals surface area contributed by atoms with E-state index in [1.807, 2.05) is 13.0 Å². The van der Waals surface area contributed by atoms with Gasteiger partial charge in [-0.3, -0.25) is 9.59 Å². The molecule has 0 saturated heterocycles. The van der Waals surface area contributed by atoms with Crippen molar-refractivity contribution in [2.45, 2.75) is 38.6 Å². The van der Waals surface area contributed by atoms with Gasteiger partial charge < -0.3 is 14.4 Å². The molecular formula is C14H19NO4. The van der Waals surface area contributed by atoms with Crippen LogP contribution in [0, 0.1) is 5.41 Å². The minimum atomic E-state index is -0.855. The van der Waals surface area contributed by atoms with Crippen LogP contribution in [0.2, 0.25) is 0 Å². The Hall–Kier alpha value is -1.78. The maximum absolute atomic E-state index is 12.2. The second-order valence-electron chi connectivity index (χ2n) is 5.31. The molecule has 104 valence electrons. The number of aliphatic carboxylic acids is 1. The average Bonchev–Trinajstić information content (AvgIpc) is 2.84. The van der Waals surface area contributed by atoms with E-state index in [1.165, 1.54) is 0 Å². The van der Waals surface area contributed by atoms with Crippen molar-refractivity contribution in [2.24, 2.45) is 5.41 Å². The van der Waals surface area contributed by atoms with Gasteiger partial charge in [0.1, 0.15) is 5.76 Å². The summed E-state index contributed by atoms with van der Waals surface area (Å²) in [5, 5.41) is 9.25. The largest absolute Gasteiger partial charge is 0.481 e. The van der Waals surface area contributed by atoms with Gasteiger partial charge in [0.05, 0.1) is 17.7 Å². The highest BCUT2D eigenvalue weighted by Crippen LogP contribution is 2.44. The van der Waals surface area contributed by atoms with Crippen molar-refractivity contribution >= 4 is 11.9 Å². The van der Waals surface area contributed by atoms with Crippen LogP contribution in [0.15, 0.2) is 22.8 Å². The second kappa shape index (κ2) is 5.07. The molecule has 5 nitrogen and oxygen atoms in total. The third-order valence-electron chi connectivity index (χ3n) is 4.18. The lowest BCUT2D eigenvalue weighted by molar-refractivity contribution is -0.159. The quantitative estimate of drug-likeness (QED) is 0.887. The molecule has 1 aliphatic rings. The lowest BCUT2D eigenvalue weighted by Gasteiger charge is -2.38. The van der Waals surface area contributed by atoms with Crippen molar-refractivity contribution in [3.8, 4) is 0 Å². The summed E-state index contributed by atoms with van der Waals surface area (Å²) in [5.41, 5.74) is -0.839. The Kier molecular flexibility index (Phi) is 3.64. The van der Waals surface area contributed by atoms with Crippen molar-refractivity contribution in [3.05, 3.63) is 24.2 Å². The molecule has 1 fully saturated rings. The SMILES string of the molecule is CC(c1ccco1)N(C)C(=O)CC1(C(=O)O)CCC1. The minimum Gasteiger partial charge on any atom is -0.481 e. The van der Waals surface area contributed by atoms with Gasteiger partial charge in [-0.1, -0.05) is 6.42 Å². The van der Waals surface area contributed by atoms with Gasteiger partial charge in [0.15, 0.2) is 0 Å². The van der Waals surface area contributed by atoms with E-state index in [2.05, 4.69) is 0 Å². The van der Waals surface area contributed by atoms with Crippen LogP contribution in [0.3, 0.4) is 0 Å². The number of hydrogen-bond donors (Lipinski definition) is 1. The molecule has 0 aromatic carbocycles. The Morgan fingerprint density at radius 2 is 2.21 bits per heavy atom. The van der Waals surface area contributed by atoms with E-state index >= 15 is 0 Å². The summed E-state index contributed by atoms with van der Waals surface area (Å²) in [5.74, 6) is -0.300. The van der Waals surface area contributed by atoms with Gasteiger partial charge in [-0.05, 0) is 31.9 Å². The van der Waals surface area contributed by atoms with Gasteiger partial charge in [0.2, 0.25) is 5.91 Å². The highest BCUT2D eigenvalue weighted by atomic mass is 16.4. The Bertz CT molecular complexity index is 462. The van der Waals surface area contributed by atoms with Crippen molar-refractivity contribution in [2.75, 3.05) is 7.05 Å². The molecule has 1 aromatic heterocycles. The number of carboxylic acids is 1. The average molecular weight is 265 g/mol. The summed E-state index contributed by atoms with van der Waals surface area (Å²) in [6.07, 6.45) is 3.71. The maximum atomic E-state index is 12.2. The zero-order chi connectivity index (χ0) is 14.0. The summed E-state index contributed by atoms with van der Waals surface area (Å²) in [6.45, 7) is 1.87. The van der Waals surface area contributed by atoms with Gasteiger partial charge in [-0.25, -0.2) is 0 Å². The molecule has 0 spiro atoms. The third-order valence-corrected chi connectivity index (χ3v) is 4.18. The van der Waals surface area contributed by atoms with Crippen LogP contribution in [0.1, 0.15) is 44.4 Å². The summed E-state index contributed by atoms with van der Waals surface area (Å²) in [4.78, 5) is 25.0. The number of nitrogens with zero attached hydrogens (tertiary/aromatic N) is 1. The highest BCUT2D eigenvalue weighted by Gasteiger charge is 2.46.